The molecule has 0 fully saturated rings. The Bertz CT molecular complexity index is 392. The molecule has 0 aliphatic rings. The first-order chi connectivity index (χ1) is 8.60. The van der Waals surface area contributed by atoms with E-state index >= 15 is 0 Å². The molecule has 100 valence electrons. The van der Waals surface area contributed by atoms with E-state index in [0.717, 1.165) is 25.8 Å². The van der Waals surface area contributed by atoms with Crippen LogP contribution in [-0.2, 0) is 0 Å². The molecule has 4 heteroatoms. The van der Waals surface area contributed by atoms with Gasteiger partial charge in [-0.2, -0.15) is 0 Å². The second kappa shape index (κ2) is 6.99. The van der Waals surface area contributed by atoms with Gasteiger partial charge in [0.05, 0.1) is 0 Å². The normalized spacial score (nSPS) is 12.2. The Morgan fingerprint density at radius 1 is 1.50 bits per heavy atom. The number of nitrogens with two attached hydrogens (primary N) is 1. The number of amides is 1. The van der Waals surface area contributed by atoms with Gasteiger partial charge in [0.2, 0.25) is 0 Å². The van der Waals surface area contributed by atoms with Gasteiger partial charge in [0.15, 0.2) is 0 Å². The number of hydrogen-bond donors (Lipinski definition) is 1. The molecule has 0 aliphatic carbocycles. The summed E-state index contributed by atoms with van der Waals surface area (Å²) < 4.78 is 0. The van der Waals surface area contributed by atoms with Crippen molar-refractivity contribution in [3.63, 3.8) is 0 Å². The monoisotopic (exact) mass is 249 g/mol. The van der Waals surface area contributed by atoms with Crippen LogP contribution in [0.4, 0.5) is 5.82 Å². The highest BCUT2D eigenvalue weighted by Crippen LogP contribution is 2.13. The first kappa shape index (κ1) is 14.5. The topological polar surface area (TPSA) is 59.2 Å². The van der Waals surface area contributed by atoms with Crippen LogP contribution in [0.15, 0.2) is 18.3 Å². The molecule has 0 radical (unpaired) electrons. The first-order valence-corrected chi connectivity index (χ1v) is 6.62. The molecule has 0 saturated carbocycles. The Morgan fingerprint density at radius 2 is 2.22 bits per heavy atom. The van der Waals surface area contributed by atoms with E-state index in [9.17, 15) is 4.79 Å². The highest BCUT2D eigenvalue weighted by atomic mass is 16.2. The largest absolute Gasteiger partial charge is 0.384 e. The molecule has 4 nitrogen and oxygen atoms in total. The van der Waals surface area contributed by atoms with Crippen LogP contribution in [0.1, 0.15) is 50.4 Å². The Kier molecular flexibility index (Phi) is 5.62. The molecule has 1 unspecified atom stereocenters. The lowest BCUT2D eigenvalue weighted by molar-refractivity contribution is 0.0685. The van der Waals surface area contributed by atoms with Gasteiger partial charge in [0.25, 0.3) is 5.91 Å². The average Bonchev–Trinajstić information content (AvgIpc) is 2.38. The lowest BCUT2D eigenvalue weighted by atomic mass is 10.1. The van der Waals surface area contributed by atoms with Crippen LogP contribution in [0.3, 0.4) is 0 Å². The second-order valence-corrected chi connectivity index (χ2v) is 4.58. The smallest absolute Gasteiger partial charge is 0.254 e. The van der Waals surface area contributed by atoms with Gasteiger partial charge in [0, 0.05) is 24.3 Å². The zero-order valence-corrected chi connectivity index (χ0v) is 11.5. The molecule has 0 aliphatic heterocycles. The lowest BCUT2D eigenvalue weighted by Gasteiger charge is -2.28. The first-order valence-electron chi connectivity index (χ1n) is 6.62. The predicted molar refractivity (Wildman–Crippen MR) is 74.3 cm³/mol. The van der Waals surface area contributed by atoms with Gasteiger partial charge in [-0.1, -0.05) is 20.3 Å². The van der Waals surface area contributed by atoms with Crippen molar-refractivity contribution in [3.8, 4) is 0 Å². The van der Waals surface area contributed by atoms with Crippen molar-refractivity contribution in [2.45, 2.75) is 46.1 Å². The average molecular weight is 249 g/mol. The van der Waals surface area contributed by atoms with Crippen LogP contribution < -0.4 is 5.73 Å². The van der Waals surface area contributed by atoms with Gasteiger partial charge < -0.3 is 10.6 Å². The molecule has 1 rings (SSSR count). The minimum atomic E-state index is 0.0481. The van der Waals surface area contributed by atoms with Crippen molar-refractivity contribution in [3.05, 3.63) is 23.9 Å². The van der Waals surface area contributed by atoms with Crippen LogP contribution in [0.2, 0.25) is 0 Å². The summed E-state index contributed by atoms with van der Waals surface area (Å²) in [4.78, 5) is 18.3. The molecule has 1 aromatic heterocycles. The molecule has 2 N–H and O–H groups in total. The SMILES string of the molecule is CCCCN(C(=O)c1ccnc(N)c1)C(C)CC. The van der Waals surface area contributed by atoms with Crippen molar-refractivity contribution in [1.29, 1.82) is 0 Å². The summed E-state index contributed by atoms with van der Waals surface area (Å²) in [5, 5.41) is 0. The summed E-state index contributed by atoms with van der Waals surface area (Å²) in [5.74, 6) is 0.437. The third-order valence-corrected chi connectivity index (χ3v) is 3.16. The van der Waals surface area contributed by atoms with Gasteiger partial charge in [-0.05, 0) is 31.9 Å². The fourth-order valence-corrected chi connectivity index (χ4v) is 1.82. The van der Waals surface area contributed by atoms with Crippen molar-refractivity contribution >= 4 is 11.7 Å². The van der Waals surface area contributed by atoms with Crippen molar-refractivity contribution < 1.29 is 4.79 Å². The van der Waals surface area contributed by atoms with E-state index in [1.54, 1.807) is 18.3 Å². The standard InChI is InChI=1S/C14H23N3O/c1-4-6-9-17(11(3)5-2)14(18)12-7-8-16-13(15)10-12/h7-8,10-11H,4-6,9H2,1-3H3,(H2,15,16). The minimum Gasteiger partial charge on any atom is -0.384 e. The van der Waals surface area contributed by atoms with Crippen LogP contribution >= 0.6 is 0 Å². The van der Waals surface area contributed by atoms with E-state index in [2.05, 4.69) is 25.8 Å². The van der Waals surface area contributed by atoms with Gasteiger partial charge in [-0.15, -0.1) is 0 Å². The number of hydrogen-bond acceptors (Lipinski definition) is 3. The molecule has 0 spiro atoms. The Balaban J connectivity index is 2.87. The number of carbonyl (C=O) groups excluding carboxylic acids is 1. The maximum atomic E-state index is 12.4. The number of rotatable bonds is 6. The van der Waals surface area contributed by atoms with E-state index in [-0.39, 0.29) is 11.9 Å². The summed E-state index contributed by atoms with van der Waals surface area (Å²) in [6.07, 6.45) is 4.64. The molecule has 1 atom stereocenters. The maximum Gasteiger partial charge on any atom is 0.254 e. The van der Waals surface area contributed by atoms with E-state index < -0.39 is 0 Å². The predicted octanol–water partition coefficient (Wildman–Crippen LogP) is 2.70. The summed E-state index contributed by atoms with van der Waals surface area (Å²) in [7, 11) is 0. The van der Waals surface area contributed by atoms with Gasteiger partial charge in [-0.25, -0.2) is 4.98 Å². The molecular weight excluding hydrogens is 226 g/mol. The molecular formula is C14H23N3O. The Labute approximate surface area is 109 Å². The third kappa shape index (κ3) is 3.72. The fourth-order valence-electron chi connectivity index (χ4n) is 1.82. The number of carbonyl (C=O) groups is 1. The van der Waals surface area contributed by atoms with Crippen molar-refractivity contribution in [2.75, 3.05) is 12.3 Å². The molecule has 18 heavy (non-hydrogen) atoms. The molecule has 1 amide bonds. The zero-order valence-electron chi connectivity index (χ0n) is 11.5. The summed E-state index contributed by atoms with van der Waals surface area (Å²) >= 11 is 0. The zero-order chi connectivity index (χ0) is 13.5. The number of pyridine rings is 1. The number of nitrogen functional groups attached to an aromatic ring is 1. The van der Waals surface area contributed by atoms with Crippen LogP contribution in [0.5, 0.6) is 0 Å². The second-order valence-electron chi connectivity index (χ2n) is 4.58. The van der Waals surface area contributed by atoms with E-state index in [0.29, 0.717) is 11.4 Å². The lowest BCUT2D eigenvalue weighted by Crippen LogP contribution is -2.39. The van der Waals surface area contributed by atoms with Crippen molar-refractivity contribution in [1.82, 2.24) is 9.88 Å². The van der Waals surface area contributed by atoms with Crippen molar-refractivity contribution in [2.24, 2.45) is 0 Å². The van der Waals surface area contributed by atoms with Gasteiger partial charge >= 0.3 is 0 Å². The number of anilines is 1. The number of nitrogens with zero attached hydrogens (tertiary/aromatic N) is 2. The molecule has 0 saturated heterocycles. The Hall–Kier alpha value is -1.58. The summed E-state index contributed by atoms with van der Waals surface area (Å²) in [6.45, 7) is 7.10. The van der Waals surface area contributed by atoms with Crippen LogP contribution in [0, 0.1) is 0 Å². The minimum absolute atomic E-state index is 0.0481. The summed E-state index contributed by atoms with van der Waals surface area (Å²) in [6, 6.07) is 3.61. The quantitative estimate of drug-likeness (QED) is 0.843. The molecule has 0 aromatic carbocycles. The molecule has 0 bridgehead atoms. The maximum absolute atomic E-state index is 12.4. The molecule has 1 aromatic rings. The highest BCUT2D eigenvalue weighted by Gasteiger charge is 2.19. The number of aromatic nitrogens is 1. The summed E-state index contributed by atoms with van der Waals surface area (Å²) in [5.41, 5.74) is 6.25. The van der Waals surface area contributed by atoms with E-state index in [4.69, 9.17) is 5.73 Å². The van der Waals surface area contributed by atoms with Gasteiger partial charge in [-0.3, -0.25) is 4.79 Å². The third-order valence-electron chi connectivity index (χ3n) is 3.16. The van der Waals surface area contributed by atoms with Gasteiger partial charge in [0.1, 0.15) is 5.82 Å². The van der Waals surface area contributed by atoms with E-state index in [1.165, 1.54) is 0 Å². The van der Waals surface area contributed by atoms with Crippen LogP contribution in [-0.4, -0.2) is 28.4 Å². The molecule has 1 heterocycles. The van der Waals surface area contributed by atoms with Crippen LogP contribution in [0.25, 0.3) is 0 Å². The number of unbranched alkanes of at least 4 members (excludes halogenated alkanes) is 1. The van der Waals surface area contributed by atoms with E-state index in [1.807, 2.05) is 4.90 Å². The Morgan fingerprint density at radius 3 is 2.78 bits per heavy atom. The highest BCUT2D eigenvalue weighted by molar-refractivity contribution is 5.94. The fraction of sp³-hybridized carbons (Fsp3) is 0.571.